The molecule has 0 saturated heterocycles. The summed E-state index contributed by atoms with van der Waals surface area (Å²) in [5.41, 5.74) is 11.9. The minimum Gasteiger partial charge on any atom is -0.0622 e. The van der Waals surface area contributed by atoms with Crippen molar-refractivity contribution in [3.8, 4) is 33.4 Å². The van der Waals surface area contributed by atoms with Crippen molar-refractivity contribution in [1.29, 1.82) is 0 Å². The Morgan fingerprint density at radius 1 is 0.333 bits per heavy atom. The molecule has 4 aromatic rings. The SMILES string of the molecule is Cc1c(C)c(-c2ccccc2)c(-c2ccccc2)c(C)c1-c1ccccc1. The fraction of sp³-hybridized carbons (Fsp3) is 0.111. The standard InChI is InChI=1S/C27H24/c1-19-20(2)26(23-15-9-5-10-16-23)27(24-17-11-6-12-18-24)21(3)25(19)22-13-7-4-8-14-22/h4-18H,1-3H3. The van der Waals surface area contributed by atoms with Gasteiger partial charge in [0.15, 0.2) is 0 Å². The van der Waals surface area contributed by atoms with E-state index < -0.39 is 0 Å². The topological polar surface area (TPSA) is 0 Å². The zero-order chi connectivity index (χ0) is 18.8. The predicted octanol–water partition coefficient (Wildman–Crippen LogP) is 7.61. The summed E-state index contributed by atoms with van der Waals surface area (Å²) in [6.07, 6.45) is 0. The van der Waals surface area contributed by atoms with Crippen LogP contribution in [-0.4, -0.2) is 0 Å². The van der Waals surface area contributed by atoms with Gasteiger partial charge in [0.05, 0.1) is 0 Å². The summed E-state index contributed by atoms with van der Waals surface area (Å²) >= 11 is 0. The summed E-state index contributed by atoms with van der Waals surface area (Å²) < 4.78 is 0. The van der Waals surface area contributed by atoms with E-state index in [0.29, 0.717) is 0 Å². The van der Waals surface area contributed by atoms with Crippen molar-refractivity contribution < 1.29 is 0 Å². The molecule has 0 nitrogen and oxygen atoms in total. The first kappa shape index (κ1) is 17.3. The van der Waals surface area contributed by atoms with Crippen LogP contribution in [0.3, 0.4) is 0 Å². The molecule has 0 aliphatic rings. The molecule has 0 saturated carbocycles. The van der Waals surface area contributed by atoms with E-state index in [0.717, 1.165) is 0 Å². The van der Waals surface area contributed by atoms with E-state index in [1.165, 1.54) is 50.1 Å². The summed E-state index contributed by atoms with van der Waals surface area (Å²) in [4.78, 5) is 0. The zero-order valence-electron chi connectivity index (χ0n) is 16.2. The molecule has 0 N–H and O–H groups in total. The minimum atomic E-state index is 1.27. The molecule has 0 atom stereocenters. The first-order valence-electron chi connectivity index (χ1n) is 9.48. The van der Waals surface area contributed by atoms with Crippen molar-refractivity contribution in [3.63, 3.8) is 0 Å². The van der Waals surface area contributed by atoms with Crippen molar-refractivity contribution >= 4 is 0 Å². The van der Waals surface area contributed by atoms with Crippen molar-refractivity contribution in [3.05, 3.63) is 108 Å². The monoisotopic (exact) mass is 348 g/mol. The van der Waals surface area contributed by atoms with Gasteiger partial charge < -0.3 is 0 Å². The maximum atomic E-state index is 2.27. The first-order valence-corrected chi connectivity index (χ1v) is 9.48. The highest BCUT2D eigenvalue weighted by atomic mass is 14.2. The molecule has 0 heteroatoms. The smallest absolute Gasteiger partial charge is 0.00671 e. The van der Waals surface area contributed by atoms with Gasteiger partial charge in [-0.2, -0.15) is 0 Å². The molecule has 0 spiro atoms. The normalized spacial score (nSPS) is 10.8. The average Bonchev–Trinajstić information content (AvgIpc) is 2.73. The summed E-state index contributed by atoms with van der Waals surface area (Å²) in [5, 5.41) is 0. The zero-order valence-corrected chi connectivity index (χ0v) is 16.2. The van der Waals surface area contributed by atoms with Gasteiger partial charge in [-0.05, 0) is 70.8 Å². The fourth-order valence-corrected chi connectivity index (χ4v) is 4.13. The molecule has 0 unspecified atom stereocenters. The fourth-order valence-electron chi connectivity index (χ4n) is 4.13. The third-order valence-corrected chi connectivity index (χ3v) is 5.50. The maximum Gasteiger partial charge on any atom is -0.00671 e. The number of hydrogen-bond acceptors (Lipinski definition) is 0. The van der Waals surface area contributed by atoms with E-state index in [2.05, 4.69) is 112 Å². The molecule has 0 heterocycles. The van der Waals surface area contributed by atoms with Crippen molar-refractivity contribution in [2.24, 2.45) is 0 Å². The molecule has 0 radical (unpaired) electrons. The highest BCUT2D eigenvalue weighted by Crippen LogP contribution is 2.44. The summed E-state index contributed by atoms with van der Waals surface area (Å²) in [6.45, 7) is 6.78. The lowest BCUT2D eigenvalue weighted by Gasteiger charge is -2.23. The van der Waals surface area contributed by atoms with Gasteiger partial charge in [-0.1, -0.05) is 91.0 Å². The second-order valence-electron chi connectivity index (χ2n) is 7.10. The van der Waals surface area contributed by atoms with E-state index in [4.69, 9.17) is 0 Å². The highest BCUT2D eigenvalue weighted by Gasteiger charge is 2.20. The third kappa shape index (κ3) is 3.08. The largest absolute Gasteiger partial charge is 0.0622 e. The van der Waals surface area contributed by atoms with Crippen LogP contribution in [-0.2, 0) is 0 Å². The first-order chi connectivity index (χ1) is 13.2. The number of hydrogen-bond donors (Lipinski definition) is 0. The van der Waals surface area contributed by atoms with Gasteiger partial charge in [0.2, 0.25) is 0 Å². The lowest BCUT2D eigenvalue weighted by Crippen LogP contribution is -2.00. The Bertz CT molecular complexity index is 1060. The van der Waals surface area contributed by atoms with E-state index in [1.54, 1.807) is 0 Å². The van der Waals surface area contributed by atoms with Crippen LogP contribution in [0.4, 0.5) is 0 Å². The van der Waals surface area contributed by atoms with Gasteiger partial charge in [0.1, 0.15) is 0 Å². The second-order valence-corrected chi connectivity index (χ2v) is 7.10. The van der Waals surface area contributed by atoms with E-state index >= 15 is 0 Å². The summed E-state index contributed by atoms with van der Waals surface area (Å²) in [6, 6.07) is 32.3. The van der Waals surface area contributed by atoms with Crippen LogP contribution in [0.5, 0.6) is 0 Å². The molecule has 0 aliphatic heterocycles. The molecule has 0 bridgehead atoms. The van der Waals surface area contributed by atoms with Crippen molar-refractivity contribution in [1.82, 2.24) is 0 Å². The summed E-state index contributed by atoms with van der Waals surface area (Å²) in [7, 11) is 0. The van der Waals surface area contributed by atoms with E-state index in [-0.39, 0.29) is 0 Å². The minimum absolute atomic E-state index is 1.27. The van der Waals surface area contributed by atoms with Gasteiger partial charge in [-0.3, -0.25) is 0 Å². The highest BCUT2D eigenvalue weighted by molar-refractivity contribution is 5.94. The van der Waals surface area contributed by atoms with Crippen LogP contribution in [0.25, 0.3) is 33.4 Å². The molecule has 0 amide bonds. The van der Waals surface area contributed by atoms with Gasteiger partial charge in [0.25, 0.3) is 0 Å². The molecule has 0 fully saturated rings. The lowest BCUT2D eigenvalue weighted by atomic mass is 9.80. The van der Waals surface area contributed by atoms with Gasteiger partial charge >= 0.3 is 0 Å². The Labute approximate surface area is 162 Å². The molecular formula is C27H24. The third-order valence-electron chi connectivity index (χ3n) is 5.50. The molecule has 0 aliphatic carbocycles. The lowest BCUT2D eigenvalue weighted by molar-refractivity contribution is 1.30. The Morgan fingerprint density at radius 3 is 1.04 bits per heavy atom. The Hall–Kier alpha value is -3.12. The van der Waals surface area contributed by atoms with Gasteiger partial charge in [-0.25, -0.2) is 0 Å². The molecule has 132 valence electrons. The predicted molar refractivity (Wildman–Crippen MR) is 117 cm³/mol. The Balaban J connectivity index is 2.12. The summed E-state index contributed by atoms with van der Waals surface area (Å²) in [5.74, 6) is 0. The van der Waals surface area contributed by atoms with Crippen LogP contribution in [0.1, 0.15) is 16.7 Å². The molecule has 0 aromatic heterocycles. The Morgan fingerprint density at radius 2 is 0.630 bits per heavy atom. The molecule has 4 aromatic carbocycles. The molecular weight excluding hydrogens is 324 g/mol. The molecule has 27 heavy (non-hydrogen) atoms. The van der Waals surface area contributed by atoms with Gasteiger partial charge in [0, 0.05) is 0 Å². The van der Waals surface area contributed by atoms with Crippen molar-refractivity contribution in [2.45, 2.75) is 20.8 Å². The molecule has 4 rings (SSSR count). The van der Waals surface area contributed by atoms with Crippen LogP contribution in [0, 0.1) is 20.8 Å². The van der Waals surface area contributed by atoms with E-state index in [9.17, 15) is 0 Å². The Kier molecular flexibility index (Phi) is 4.64. The maximum absolute atomic E-state index is 2.27. The number of rotatable bonds is 3. The average molecular weight is 348 g/mol. The second kappa shape index (κ2) is 7.25. The van der Waals surface area contributed by atoms with E-state index in [1.807, 2.05) is 0 Å². The van der Waals surface area contributed by atoms with Crippen LogP contribution in [0.15, 0.2) is 91.0 Å². The number of benzene rings is 4. The van der Waals surface area contributed by atoms with Crippen molar-refractivity contribution in [2.75, 3.05) is 0 Å². The van der Waals surface area contributed by atoms with Gasteiger partial charge in [-0.15, -0.1) is 0 Å². The van der Waals surface area contributed by atoms with Crippen LogP contribution in [0.2, 0.25) is 0 Å². The van der Waals surface area contributed by atoms with Crippen LogP contribution < -0.4 is 0 Å². The quantitative estimate of drug-likeness (QED) is 0.357. The van der Waals surface area contributed by atoms with Crippen LogP contribution >= 0.6 is 0 Å².